The van der Waals surface area contributed by atoms with Gasteiger partial charge >= 0.3 is 5.97 Å². The maximum atomic E-state index is 10.7. The number of fused-ring (bicyclic) bond motifs is 1. The summed E-state index contributed by atoms with van der Waals surface area (Å²) in [7, 11) is 0. The molecule has 0 aliphatic heterocycles. The van der Waals surface area contributed by atoms with E-state index in [0.29, 0.717) is 16.7 Å². The van der Waals surface area contributed by atoms with E-state index in [4.69, 9.17) is 10.8 Å². The number of carboxylic acids is 1. The molecular weight excluding hydrogens is 184 g/mol. The zero-order chi connectivity index (χ0) is 10.1. The van der Waals surface area contributed by atoms with Crippen molar-refractivity contribution in [2.45, 2.75) is 6.04 Å². The van der Waals surface area contributed by atoms with Gasteiger partial charge in [-0.05, 0) is 6.07 Å². The van der Waals surface area contributed by atoms with E-state index < -0.39 is 12.0 Å². The molecular formula is C8H8N4O2. The van der Waals surface area contributed by atoms with E-state index in [0.717, 1.165) is 0 Å². The first-order valence-corrected chi connectivity index (χ1v) is 3.96. The Morgan fingerprint density at radius 1 is 1.57 bits per heavy atom. The third kappa shape index (κ3) is 1.21. The summed E-state index contributed by atoms with van der Waals surface area (Å²) in [4.78, 5) is 21.3. The van der Waals surface area contributed by atoms with Crippen molar-refractivity contribution in [3.05, 3.63) is 24.3 Å². The number of nitrogens with one attached hydrogen (secondary N) is 1. The molecule has 0 saturated carbocycles. The van der Waals surface area contributed by atoms with Crippen LogP contribution in [-0.2, 0) is 4.79 Å². The predicted molar refractivity (Wildman–Crippen MR) is 48.5 cm³/mol. The standard InChI is InChI=1S/C8H8N4O2/c9-5(8(13)14)6-4-1-2-10-7(4)12-3-11-6/h1-3,5H,9H2,(H,13,14)(H,10,11,12). The first-order valence-electron chi connectivity index (χ1n) is 3.96. The van der Waals surface area contributed by atoms with E-state index in [9.17, 15) is 4.79 Å². The SMILES string of the molecule is NC(C(=O)O)c1ncnc2[nH]ccc12. The average Bonchev–Trinajstić information content (AvgIpc) is 2.63. The van der Waals surface area contributed by atoms with Gasteiger partial charge in [0, 0.05) is 11.6 Å². The van der Waals surface area contributed by atoms with Gasteiger partial charge in [-0.25, -0.2) is 9.97 Å². The van der Waals surface area contributed by atoms with Crippen LogP contribution in [0.5, 0.6) is 0 Å². The number of rotatable bonds is 2. The number of carboxylic acid groups (broad SMARTS) is 1. The number of H-pyrrole nitrogens is 1. The van der Waals surface area contributed by atoms with Crippen molar-refractivity contribution < 1.29 is 9.90 Å². The normalized spacial score (nSPS) is 12.9. The Bertz CT molecular complexity index is 479. The zero-order valence-corrected chi connectivity index (χ0v) is 7.14. The molecule has 0 radical (unpaired) electrons. The third-order valence-electron chi connectivity index (χ3n) is 1.95. The first kappa shape index (κ1) is 8.64. The molecule has 0 aliphatic carbocycles. The van der Waals surface area contributed by atoms with Gasteiger partial charge in [-0.1, -0.05) is 0 Å². The Kier molecular flexibility index (Phi) is 1.90. The second-order valence-electron chi connectivity index (χ2n) is 2.81. The molecule has 0 aliphatic rings. The van der Waals surface area contributed by atoms with Crippen LogP contribution < -0.4 is 5.73 Å². The average molecular weight is 192 g/mol. The van der Waals surface area contributed by atoms with Gasteiger partial charge in [-0.3, -0.25) is 4.79 Å². The van der Waals surface area contributed by atoms with Gasteiger partial charge in [0.25, 0.3) is 0 Å². The number of nitrogens with two attached hydrogens (primary N) is 1. The predicted octanol–water partition coefficient (Wildman–Crippen LogP) is 0.0423. The van der Waals surface area contributed by atoms with Crippen LogP contribution in [0.25, 0.3) is 11.0 Å². The summed E-state index contributed by atoms with van der Waals surface area (Å²) in [5, 5.41) is 9.38. The Morgan fingerprint density at radius 2 is 2.36 bits per heavy atom. The van der Waals surface area contributed by atoms with Gasteiger partial charge in [0.15, 0.2) is 0 Å². The zero-order valence-electron chi connectivity index (χ0n) is 7.14. The summed E-state index contributed by atoms with van der Waals surface area (Å²) in [5.74, 6) is -1.11. The molecule has 0 aromatic carbocycles. The minimum Gasteiger partial charge on any atom is -0.480 e. The van der Waals surface area contributed by atoms with Crippen molar-refractivity contribution >= 4 is 17.0 Å². The Hall–Kier alpha value is -1.95. The van der Waals surface area contributed by atoms with Crippen LogP contribution >= 0.6 is 0 Å². The molecule has 2 heterocycles. The summed E-state index contributed by atoms with van der Waals surface area (Å²) in [5.41, 5.74) is 6.37. The van der Waals surface area contributed by atoms with Gasteiger partial charge in [-0.2, -0.15) is 0 Å². The fraction of sp³-hybridized carbons (Fsp3) is 0.125. The molecule has 0 spiro atoms. The van der Waals surface area contributed by atoms with Crippen molar-refractivity contribution in [3.63, 3.8) is 0 Å². The smallest absolute Gasteiger partial charge is 0.326 e. The lowest BCUT2D eigenvalue weighted by Crippen LogP contribution is -2.22. The molecule has 0 bridgehead atoms. The van der Waals surface area contributed by atoms with Crippen molar-refractivity contribution in [3.8, 4) is 0 Å². The fourth-order valence-electron chi connectivity index (χ4n) is 1.26. The third-order valence-corrected chi connectivity index (χ3v) is 1.95. The van der Waals surface area contributed by atoms with Crippen LogP contribution in [-0.4, -0.2) is 26.0 Å². The number of hydrogen-bond donors (Lipinski definition) is 3. The maximum absolute atomic E-state index is 10.7. The van der Waals surface area contributed by atoms with E-state index >= 15 is 0 Å². The van der Waals surface area contributed by atoms with Crippen molar-refractivity contribution in [2.75, 3.05) is 0 Å². The molecule has 4 N–H and O–H groups in total. The minimum atomic E-state index is -1.11. The first-order chi connectivity index (χ1) is 6.70. The second-order valence-corrected chi connectivity index (χ2v) is 2.81. The summed E-state index contributed by atoms with van der Waals surface area (Å²) in [6.07, 6.45) is 2.95. The lowest BCUT2D eigenvalue weighted by molar-refractivity contribution is -0.138. The molecule has 6 heteroatoms. The molecule has 6 nitrogen and oxygen atoms in total. The second kappa shape index (κ2) is 3.08. The summed E-state index contributed by atoms with van der Waals surface area (Å²) in [6, 6.07) is 0.587. The maximum Gasteiger partial charge on any atom is 0.326 e. The Balaban J connectivity index is 2.61. The number of aliphatic carboxylic acids is 1. The highest BCUT2D eigenvalue weighted by Gasteiger charge is 2.18. The molecule has 2 rings (SSSR count). The van der Waals surface area contributed by atoms with Crippen molar-refractivity contribution in [1.29, 1.82) is 0 Å². The molecule has 1 unspecified atom stereocenters. The van der Waals surface area contributed by atoms with Crippen LogP contribution in [0.3, 0.4) is 0 Å². The highest BCUT2D eigenvalue weighted by Crippen LogP contribution is 2.17. The van der Waals surface area contributed by atoms with Crippen molar-refractivity contribution in [2.24, 2.45) is 5.73 Å². The Labute approximate surface area is 78.8 Å². The molecule has 1 atom stereocenters. The number of carbonyl (C=O) groups is 1. The van der Waals surface area contributed by atoms with E-state index in [-0.39, 0.29) is 0 Å². The van der Waals surface area contributed by atoms with E-state index in [1.807, 2.05) is 0 Å². The van der Waals surface area contributed by atoms with E-state index in [1.165, 1.54) is 6.33 Å². The molecule has 0 fully saturated rings. The van der Waals surface area contributed by atoms with Crippen LogP contribution in [0.15, 0.2) is 18.6 Å². The highest BCUT2D eigenvalue weighted by atomic mass is 16.4. The lowest BCUT2D eigenvalue weighted by atomic mass is 10.1. The van der Waals surface area contributed by atoms with Gasteiger partial charge in [-0.15, -0.1) is 0 Å². The summed E-state index contributed by atoms with van der Waals surface area (Å²) < 4.78 is 0. The Morgan fingerprint density at radius 3 is 3.07 bits per heavy atom. The van der Waals surface area contributed by atoms with Gasteiger partial charge in [0.1, 0.15) is 18.0 Å². The summed E-state index contributed by atoms with van der Waals surface area (Å²) >= 11 is 0. The monoisotopic (exact) mass is 192 g/mol. The summed E-state index contributed by atoms with van der Waals surface area (Å²) in [6.45, 7) is 0. The molecule has 14 heavy (non-hydrogen) atoms. The van der Waals surface area contributed by atoms with E-state index in [1.54, 1.807) is 12.3 Å². The lowest BCUT2D eigenvalue weighted by Gasteiger charge is -2.05. The van der Waals surface area contributed by atoms with Gasteiger partial charge in [0.2, 0.25) is 0 Å². The van der Waals surface area contributed by atoms with E-state index in [2.05, 4.69) is 15.0 Å². The fourth-order valence-corrected chi connectivity index (χ4v) is 1.26. The highest BCUT2D eigenvalue weighted by molar-refractivity contribution is 5.85. The molecule has 2 aromatic heterocycles. The molecule has 0 saturated heterocycles. The number of nitrogens with zero attached hydrogens (tertiary/aromatic N) is 2. The van der Waals surface area contributed by atoms with Crippen LogP contribution in [0.1, 0.15) is 11.7 Å². The minimum absolute atomic E-state index is 0.323. The quantitative estimate of drug-likeness (QED) is 0.623. The van der Waals surface area contributed by atoms with Crippen LogP contribution in [0, 0.1) is 0 Å². The topological polar surface area (TPSA) is 105 Å². The van der Waals surface area contributed by atoms with Gasteiger partial charge < -0.3 is 15.8 Å². The number of hydrogen-bond acceptors (Lipinski definition) is 4. The molecule has 0 amide bonds. The van der Waals surface area contributed by atoms with Gasteiger partial charge in [0.05, 0.1) is 5.69 Å². The number of aromatic nitrogens is 3. The van der Waals surface area contributed by atoms with Crippen LogP contribution in [0.4, 0.5) is 0 Å². The van der Waals surface area contributed by atoms with Crippen molar-refractivity contribution in [1.82, 2.24) is 15.0 Å². The molecule has 2 aromatic rings. The largest absolute Gasteiger partial charge is 0.480 e. The van der Waals surface area contributed by atoms with Crippen LogP contribution in [0.2, 0.25) is 0 Å². The molecule has 72 valence electrons. The number of aromatic amines is 1.